The molecular formula is C29H44N4O8+2. The number of carbonyl (C=O) groups excluding carboxylic acids is 2. The van der Waals surface area contributed by atoms with E-state index < -0.39 is 11.8 Å². The van der Waals surface area contributed by atoms with Gasteiger partial charge in [-0.3, -0.25) is 9.59 Å². The third-order valence-corrected chi connectivity index (χ3v) is 7.53. The van der Waals surface area contributed by atoms with Crippen molar-refractivity contribution in [1.82, 2.24) is 9.13 Å². The first kappa shape index (κ1) is 30.9. The highest BCUT2D eigenvalue weighted by Crippen LogP contribution is 2.49. The fourth-order valence-electron chi connectivity index (χ4n) is 5.40. The minimum atomic E-state index is -0.497. The zero-order valence-corrected chi connectivity index (χ0v) is 24.2. The van der Waals surface area contributed by atoms with E-state index in [1.807, 2.05) is 67.9 Å². The molecule has 12 heteroatoms. The van der Waals surface area contributed by atoms with Crippen molar-refractivity contribution in [2.75, 3.05) is 67.1 Å². The van der Waals surface area contributed by atoms with Gasteiger partial charge >= 0.3 is 11.9 Å². The third-order valence-electron chi connectivity index (χ3n) is 7.53. The number of ether oxygens (including phenoxy) is 6. The molecule has 2 aliphatic carbocycles. The van der Waals surface area contributed by atoms with E-state index in [1.54, 1.807) is 14.2 Å². The zero-order valence-electron chi connectivity index (χ0n) is 24.2. The predicted molar refractivity (Wildman–Crippen MR) is 144 cm³/mol. The Bertz CT molecular complexity index is 1030. The molecule has 0 amide bonds. The Morgan fingerprint density at radius 1 is 0.683 bits per heavy atom. The molecule has 4 unspecified atom stereocenters. The van der Waals surface area contributed by atoms with Crippen LogP contribution < -0.4 is 9.13 Å². The normalized spacial score (nSPS) is 21.0. The lowest BCUT2D eigenvalue weighted by molar-refractivity contribution is -0.698. The minimum Gasteiger partial charge on any atom is -0.461 e. The maximum Gasteiger partial charge on any atom is 0.310 e. The number of hydrogen-bond donors (Lipinski definition) is 0. The molecule has 41 heavy (non-hydrogen) atoms. The highest BCUT2D eigenvalue weighted by Gasteiger charge is 2.53. The quantitative estimate of drug-likeness (QED) is 0.0967. The number of aromatic nitrogens is 4. The largest absolute Gasteiger partial charge is 0.461 e. The van der Waals surface area contributed by atoms with Crippen LogP contribution in [0, 0.1) is 23.7 Å². The summed E-state index contributed by atoms with van der Waals surface area (Å²) in [4.78, 5) is 26.2. The molecule has 1 fully saturated rings. The van der Waals surface area contributed by atoms with Gasteiger partial charge in [0.2, 0.25) is 12.7 Å². The molecule has 2 aromatic rings. The second-order valence-electron chi connectivity index (χ2n) is 10.3. The predicted octanol–water partition coefficient (Wildman–Crippen LogP) is 0.416. The first-order chi connectivity index (χ1) is 20.1. The molecular weight excluding hydrogens is 532 g/mol. The summed E-state index contributed by atoms with van der Waals surface area (Å²) in [6, 6.07) is 0. The van der Waals surface area contributed by atoms with E-state index in [-0.39, 0.29) is 37.0 Å². The summed E-state index contributed by atoms with van der Waals surface area (Å²) in [5, 5.41) is 0. The van der Waals surface area contributed by atoms with E-state index in [4.69, 9.17) is 28.4 Å². The number of methoxy groups -OCH3 is 2. The molecule has 4 rings (SSSR count). The van der Waals surface area contributed by atoms with Gasteiger partial charge in [0.15, 0.2) is 0 Å². The van der Waals surface area contributed by atoms with Gasteiger partial charge in [-0.05, 0) is 18.3 Å². The fraction of sp³-hybridized carbons (Fsp3) is 0.655. The van der Waals surface area contributed by atoms with Crippen LogP contribution in [-0.2, 0) is 64.2 Å². The molecule has 1 saturated carbocycles. The number of imidazole rings is 2. The van der Waals surface area contributed by atoms with E-state index in [0.717, 1.165) is 19.5 Å². The molecule has 0 saturated heterocycles. The summed E-state index contributed by atoms with van der Waals surface area (Å²) in [6.07, 6.45) is 16.6. The second kappa shape index (κ2) is 16.4. The molecule has 4 atom stereocenters. The van der Waals surface area contributed by atoms with Gasteiger partial charge in [-0.15, -0.1) is 0 Å². The van der Waals surface area contributed by atoms with E-state index in [1.165, 1.54) is 0 Å². The molecule has 0 aliphatic heterocycles. The van der Waals surface area contributed by atoms with E-state index >= 15 is 0 Å². The summed E-state index contributed by atoms with van der Waals surface area (Å²) in [7, 11) is 3.30. The van der Waals surface area contributed by atoms with E-state index in [0.29, 0.717) is 52.7 Å². The van der Waals surface area contributed by atoms with Gasteiger partial charge in [0, 0.05) is 14.2 Å². The van der Waals surface area contributed by atoms with Crippen LogP contribution in [0.4, 0.5) is 0 Å². The molecule has 2 aromatic heterocycles. The first-order valence-corrected chi connectivity index (χ1v) is 14.3. The van der Waals surface area contributed by atoms with Gasteiger partial charge in [-0.1, -0.05) is 12.2 Å². The Balaban J connectivity index is 1.17. The van der Waals surface area contributed by atoms with Crippen molar-refractivity contribution in [3.05, 3.63) is 49.6 Å². The molecule has 2 aliphatic rings. The van der Waals surface area contributed by atoms with Gasteiger partial charge in [-0.2, -0.15) is 0 Å². The number of allylic oxidation sites excluding steroid dienone is 2. The number of nitrogens with zero attached hydrogens (tertiary/aromatic N) is 4. The second-order valence-corrected chi connectivity index (χ2v) is 10.3. The molecule has 226 valence electrons. The third kappa shape index (κ3) is 9.22. The molecule has 0 aromatic carbocycles. The summed E-state index contributed by atoms with van der Waals surface area (Å²) >= 11 is 0. The van der Waals surface area contributed by atoms with E-state index in [9.17, 15) is 9.59 Å². The van der Waals surface area contributed by atoms with Crippen LogP contribution in [0.25, 0.3) is 0 Å². The molecule has 2 bridgehead atoms. The molecule has 12 nitrogen and oxygen atoms in total. The standard InChI is InChI=1S/C29H44N4O8/c1-36-17-19-38-13-9-30-5-7-32(22-30)11-15-40-28(34)26-24-3-4-25(21-24)27(26)29(35)41-16-12-33-8-6-31(23-33)10-14-39-20-18-37-2/h3-8,22-27H,9-21H2,1-2H3/q+2. The number of rotatable bonds is 20. The average Bonchev–Trinajstić information content (AvgIpc) is 3.78. The smallest absolute Gasteiger partial charge is 0.310 e. The monoisotopic (exact) mass is 576 g/mol. The Labute approximate surface area is 241 Å². The van der Waals surface area contributed by atoms with Crippen molar-refractivity contribution in [3.63, 3.8) is 0 Å². The van der Waals surface area contributed by atoms with Gasteiger partial charge in [-0.25, -0.2) is 18.3 Å². The molecule has 0 radical (unpaired) electrons. The van der Waals surface area contributed by atoms with Crippen molar-refractivity contribution in [1.29, 1.82) is 0 Å². The van der Waals surface area contributed by atoms with Gasteiger partial charge in [0.1, 0.15) is 64.2 Å². The van der Waals surface area contributed by atoms with Crippen LogP contribution in [0.15, 0.2) is 49.6 Å². The van der Waals surface area contributed by atoms with Crippen LogP contribution >= 0.6 is 0 Å². The number of hydrogen-bond acceptors (Lipinski definition) is 8. The van der Waals surface area contributed by atoms with Crippen LogP contribution in [0.1, 0.15) is 6.42 Å². The van der Waals surface area contributed by atoms with Gasteiger partial charge in [0.25, 0.3) is 0 Å². The van der Waals surface area contributed by atoms with Gasteiger partial charge < -0.3 is 28.4 Å². The SMILES string of the molecule is COCCOCC[n+]1ccn(CCOC(=O)C2C3C=CC(C3)C2C(=O)OCCn2cc[n+](CCOCCOC)c2)c1. The lowest BCUT2D eigenvalue weighted by Gasteiger charge is -2.24. The van der Waals surface area contributed by atoms with Crippen LogP contribution in [0.3, 0.4) is 0 Å². The Hall–Kier alpha value is -3.06. The molecule has 0 spiro atoms. The van der Waals surface area contributed by atoms with Crippen LogP contribution in [0.5, 0.6) is 0 Å². The highest BCUT2D eigenvalue weighted by atomic mass is 16.5. The van der Waals surface area contributed by atoms with Crippen molar-refractivity contribution in [3.8, 4) is 0 Å². The summed E-state index contributed by atoms with van der Waals surface area (Å²) in [5.74, 6) is -1.60. The maximum atomic E-state index is 13.1. The fourth-order valence-corrected chi connectivity index (χ4v) is 5.40. The topological polar surface area (TPSA) is 107 Å². The summed E-state index contributed by atoms with van der Waals surface area (Å²) in [5.41, 5.74) is 0. The lowest BCUT2D eigenvalue weighted by Crippen LogP contribution is -2.36. The number of esters is 2. The average molecular weight is 577 g/mol. The van der Waals surface area contributed by atoms with Crippen LogP contribution in [-0.4, -0.2) is 88.1 Å². The van der Waals surface area contributed by atoms with E-state index in [2.05, 4.69) is 0 Å². The first-order valence-electron chi connectivity index (χ1n) is 14.3. The minimum absolute atomic E-state index is 0.0198. The molecule has 0 N–H and O–H groups in total. The molecule has 2 heterocycles. The number of fused-ring (bicyclic) bond motifs is 2. The van der Waals surface area contributed by atoms with Crippen molar-refractivity contribution in [2.45, 2.75) is 32.6 Å². The summed E-state index contributed by atoms with van der Waals surface area (Å²) in [6.45, 7) is 6.49. The van der Waals surface area contributed by atoms with Crippen molar-refractivity contribution < 1.29 is 47.1 Å². The Morgan fingerprint density at radius 3 is 1.59 bits per heavy atom. The lowest BCUT2D eigenvalue weighted by atomic mass is 9.83. The van der Waals surface area contributed by atoms with Crippen LogP contribution in [0.2, 0.25) is 0 Å². The Kier molecular flexibility index (Phi) is 12.4. The van der Waals surface area contributed by atoms with Crippen molar-refractivity contribution >= 4 is 11.9 Å². The van der Waals surface area contributed by atoms with Crippen molar-refractivity contribution in [2.24, 2.45) is 23.7 Å². The highest BCUT2D eigenvalue weighted by molar-refractivity contribution is 5.84. The zero-order chi connectivity index (χ0) is 28.9. The number of carbonyl (C=O) groups is 2. The maximum absolute atomic E-state index is 13.1. The Morgan fingerprint density at radius 2 is 1.15 bits per heavy atom. The summed E-state index contributed by atoms with van der Waals surface area (Å²) < 4.78 is 40.2. The van der Waals surface area contributed by atoms with Gasteiger partial charge in [0.05, 0.1) is 51.5 Å².